The van der Waals surface area contributed by atoms with E-state index in [4.69, 9.17) is 4.74 Å². The van der Waals surface area contributed by atoms with Crippen molar-refractivity contribution in [2.24, 2.45) is 0 Å². The van der Waals surface area contributed by atoms with Gasteiger partial charge in [-0.1, -0.05) is 31.0 Å². The minimum absolute atomic E-state index is 0.359. The summed E-state index contributed by atoms with van der Waals surface area (Å²) in [6.45, 7) is 4.44. The van der Waals surface area contributed by atoms with Crippen molar-refractivity contribution >= 4 is 22.8 Å². The maximum atomic E-state index is 11.6. The highest BCUT2D eigenvalue weighted by atomic mass is 32.2. The zero-order valence-electron chi connectivity index (χ0n) is 11.6. The van der Waals surface area contributed by atoms with Crippen LogP contribution < -0.4 is 0 Å². The van der Waals surface area contributed by atoms with Gasteiger partial charge in [-0.05, 0) is 31.1 Å². The van der Waals surface area contributed by atoms with Crippen molar-refractivity contribution in [3.05, 3.63) is 35.4 Å². The predicted molar refractivity (Wildman–Crippen MR) is 78.4 cm³/mol. The summed E-state index contributed by atoms with van der Waals surface area (Å²) < 4.78 is 16.6. The summed E-state index contributed by atoms with van der Waals surface area (Å²) in [6.07, 6.45) is 6.54. The molecule has 1 aromatic carbocycles. The lowest BCUT2D eigenvalue weighted by Crippen LogP contribution is -2.02. The van der Waals surface area contributed by atoms with E-state index in [-0.39, 0.29) is 5.97 Å². The van der Waals surface area contributed by atoms with E-state index < -0.39 is 10.8 Å². The van der Waals surface area contributed by atoms with E-state index in [0.29, 0.717) is 6.61 Å². The third-order valence-electron chi connectivity index (χ3n) is 2.62. The van der Waals surface area contributed by atoms with Gasteiger partial charge in [-0.25, -0.2) is 4.79 Å². The predicted octanol–water partition coefficient (Wildman–Crippen LogP) is 3.09. The molecule has 1 aromatic rings. The molecule has 1 unspecified atom stereocenters. The van der Waals surface area contributed by atoms with Gasteiger partial charge in [-0.2, -0.15) is 0 Å². The number of carbonyl (C=O) groups excluding carboxylic acids is 1. The maximum Gasteiger partial charge on any atom is 0.330 e. The minimum atomic E-state index is -1.07. The number of hydrogen-bond acceptors (Lipinski definition) is 3. The summed E-state index contributed by atoms with van der Waals surface area (Å²) in [6, 6.07) is 5.65. The Kier molecular flexibility index (Phi) is 6.50. The lowest BCUT2D eigenvalue weighted by atomic mass is 10.1. The van der Waals surface area contributed by atoms with Crippen LogP contribution in [-0.4, -0.2) is 23.0 Å². The van der Waals surface area contributed by atoms with Crippen molar-refractivity contribution in [1.29, 1.82) is 0 Å². The minimum Gasteiger partial charge on any atom is -0.463 e. The molecule has 0 aliphatic carbocycles. The Hall–Kier alpha value is -1.42. The molecule has 4 heteroatoms. The molecule has 0 bridgehead atoms. The molecule has 3 nitrogen and oxygen atoms in total. The molecule has 0 saturated carbocycles. The molecule has 0 amide bonds. The highest BCUT2D eigenvalue weighted by molar-refractivity contribution is 7.84. The normalized spacial score (nSPS) is 12.6. The van der Waals surface area contributed by atoms with Crippen LogP contribution >= 0.6 is 0 Å². The summed E-state index contributed by atoms with van der Waals surface area (Å²) in [5.41, 5.74) is 1.86. The summed E-state index contributed by atoms with van der Waals surface area (Å²) in [4.78, 5) is 12.2. The van der Waals surface area contributed by atoms with Crippen molar-refractivity contribution in [2.45, 2.75) is 31.6 Å². The average Bonchev–Trinajstić information content (AvgIpc) is 2.36. The molecule has 0 heterocycles. The Balaban J connectivity index is 2.77. The fraction of sp³-hybridized carbons (Fsp3) is 0.400. The van der Waals surface area contributed by atoms with E-state index in [1.54, 1.807) is 12.3 Å². The van der Waals surface area contributed by atoms with Crippen molar-refractivity contribution in [2.75, 3.05) is 12.9 Å². The van der Waals surface area contributed by atoms with E-state index in [1.807, 2.05) is 32.0 Å². The molecule has 1 rings (SSSR count). The molecule has 0 N–H and O–H groups in total. The van der Waals surface area contributed by atoms with Crippen LogP contribution in [0.1, 0.15) is 30.9 Å². The van der Waals surface area contributed by atoms with Gasteiger partial charge in [-0.15, -0.1) is 0 Å². The lowest BCUT2D eigenvalue weighted by molar-refractivity contribution is -0.137. The molecule has 1 atom stereocenters. The largest absolute Gasteiger partial charge is 0.463 e. The topological polar surface area (TPSA) is 43.4 Å². The Bertz CT molecular complexity index is 492. The number of ether oxygens (including phenoxy) is 1. The first kappa shape index (κ1) is 15.6. The number of rotatable bonds is 6. The van der Waals surface area contributed by atoms with Crippen molar-refractivity contribution in [3.8, 4) is 0 Å². The van der Waals surface area contributed by atoms with Crippen molar-refractivity contribution in [1.82, 2.24) is 0 Å². The fourth-order valence-corrected chi connectivity index (χ4v) is 2.30. The highest BCUT2D eigenvalue weighted by Crippen LogP contribution is 2.16. The van der Waals surface area contributed by atoms with Crippen LogP contribution in [0.25, 0.3) is 6.08 Å². The van der Waals surface area contributed by atoms with Crippen LogP contribution in [0.4, 0.5) is 0 Å². The number of benzene rings is 1. The molecule has 0 aliphatic heterocycles. The first-order valence-corrected chi connectivity index (χ1v) is 7.89. The second-order valence-electron chi connectivity index (χ2n) is 4.35. The van der Waals surface area contributed by atoms with E-state index >= 15 is 0 Å². The molecule has 0 fully saturated rings. The van der Waals surface area contributed by atoms with Crippen LogP contribution in [0.3, 0.4) is 0 Å². The molecule has 0 radical (unpaired) electrons. The molecular formula is C15H20O3S. The molecule has 0 saturated heterocycles. The van der Waals surface area contributed by atoms with Crippen LogP contribution in [-0.2, 0) is 20.3 Å². The third kappa shape index (κ3) is 5.39. The van der Waals surface area contributed by atoms with Crippen LogP contribution in [0.15, 0.2) is 29.2 Å². The Morgan fingerprint density at radius 3 is 2.79 bits per heavy atom. The highest BCUT2D eigenvalue weighted by Gasteiger charge is 2.04. The second-order valence-corrected chi connectivity index (χ2v) is 5.70. The standard InChI is InChI=1S/C15H20O3S/c1-4-5-10-18-15(16)9-7-13-11-12(2)6-8-14(13)19(3)17/h6-9,11H,4-5,10H2,1-3H3/b9-7+. The SMILES string of the molecule is CCCCOC(=O)/C=C/c1cc(C)ccc1S(C)=O. The second kappa shape index (κ2) is 7.89. The van der Waals surface area contributed by atoms with Crippen LogP contribution in [0, 0.1) is 6.92 Å². The van der Waals surface area contributed by atoms with Gasteiger partial charge in [-0.3, -0.25) is 4.21 Å². The summed E-state index contributed by atoms with van der Waals surface area (Å²) in [5.74, 6) is -0.359. The van der Waals surface area contributed by atoms with Crippen molar-refractivity contribution < 1.29 is 13.7 Å². The maximum absolute atomic E-state index is 11.6. The smallest absolute Gasteiger partial charge is 0.330 e. The summed E-state index contributed by atoms with van der Waals surface area (Å²) in [5, 5.41) is 0. The number of aryl methyl sites for hydroxylation is 1. The molecule has 104 valence electrons. The first-order chi connectivity index (χ1) is 9.04. The van der Waals surface area contributed by atoms with Gasteiger partial charge in [0.05, 0.1) is 17.4 Å². The van der Waals surface area contributed by atoms with Gasteiger partial charge in [0.2, 0.25) is 0 Å². The number of carbonyl (C=O) groups is 1. The van der Waals surface area contributed by atoms with E-state index in [0.717, 1.165) is 28.9 Å². The number of unbranched alkanes of at least 4 members (excludes halogenated alkanes) is 1. The zero-order chi connectivity index (χ0) is 14.3. The lowest BCUT2D eigenvalue weighted by Gasteiger charge is -2.04. The van der Waals surface area contributed by atoms with E-state index in [2.05, 4.69) is 0 Å². The number of hydrogen-bond donors (Lipinski definition) is 0. The quantitative estimate of drug-likeness (QED) is 0.457. The van der Waals surface area contributed by atoms with E-state index in [1.165, 1.54) is 6.08 Å². The zero-order valence-corrected chi connectivity index (χ0v) is 12.5. The molecule has 0 aliphatic rings. The summed E-state index contributed by atoms with van der Waals surface area (Å²) >= 11 is 0. The van der Waals surface area contributed by atoms with Gasteiger partial charge >= 0.3 is 5.97 Å². The van der Waals surface area contributed by atoms with Crippen molar-refractivity contribution in [3.63, 3.8) is 0 Å². The third-order valence-corrected chi connectivity index (χ3v) is 3.61. The molecule has 0 spiro atoms. The summed E-state index contributed by atoms with van der Waals surface area (Å²) in [7, 11) is -1.07. The van der Waals surface area contributed by atoms with Gasteiger partial charge in [0.1, 0.15) is 0 Å². The average molecular weight is 280 g/mol. The molecule has 19 heavy (non-hydrogen) atoms. The molecular weight excluding hydrogens is 260 g/mol. The van der Waals surface area contributed by atoms with Crippen LogP contribution in [0.2, 0.25) is 0 Å². The van der Waals surface area contributed by atoms with Gasteiger partial charge in [0.15, 0.2) is 0 Å². The van der Waals surface area contributed by atoms with Gasteiger partial charge in [0.25, 0.3) is 0 Å². The Morgan fingerprint density at radius 2 is 2.16 bits per heavy atom. The number of esters is 1. The van der Waals surface area contributed by atoms with Gasteiger partial charge < -0.3 is 4.74 Å². The first-order valence-electron chi connectivity index (χ1n) is 6.33. The monoisotopic (exact) mass is 280 g/mol. The Labute approximate surface area is 117 Å². The van der Waals surface area contributed by atoms with Crippen LogP contribution in [0.5, 0.6) is 0 Å². The molecule has 0 aromatic heterocycles. The van der Waals surface area contributed by atoms with E-state index in [9.17, 15) is 9.00 Å². The van der Waals surface area contributed by atoms with Gasteiger partial charge in [0, 0.05) is 17.2 Å². The Morgan fingerprint density at radius 1 is 1.42 bits per heavy atom. The fourth-order valence-electron chi connectivity index (χ4n) is 1.58.